The van der Waals surface area contributed by atoms with Crippen LogP contribution in [0.3, 0.4) is 0 Å². The average molecular weight is 309 g/mol. The van der Waals surface area contributed by atoms with Gasteiger partial charge in [-0.3, -0.25) is 4.90 Å². The number of nitrogens with one attached hydrogen (secondary N) is 1. The quantitative estimate of drug-likeness (QED) is 0.843. The zero-order chi connectivity index (χ0) is 15.5. The smallest absolute Gasteiger partial charge is 0.0245 e. The highest BCUT2D eigenvalue weighted by Crippen LogP contribution is 2.31. The summed E-state index contributed by atoms with van der Waals surface area (Å²) in [7, 11) is 0. The van der Waals surface area contributed by atoms with Crippen LogP contribution in [0.2, 0.25) is 0 Å². The first kappa shape index (κ1) is 17.0. The summed E-state index contributed by atoms with van der Waals surface area (Å²) in [5.41, 5.74) is 2.18. The summed E-state index contributed by atoms with van der Waals surface area (Å²) in [6.45, 7) is 16.2. The molecule has 0 saturated heterocycles. The first-order valence-corrected chi connectivity index (χ1v) is 9.28. The third-order valence-electron chi connectivity index (χ3n) is 4.94. The van der Waals surface area contributed by atoms with Crippen molar-refractivity contribution in [2.75, 3.05) is 19.6 Å². The van der Waals surface area contributed by atoms with Gasteiger partial charge in [-0.1, -0.05) is 13.8 Å². The van der Waals surface area contributed by atoms with Crippen molar-refractivity contribution in [2.24, 2.45) is 5.41 Å². The summed E-state index contributed by atoms with van der Waals surface area (Å²) in [4.78, 5) is 4.28. The van der Waals surface area contributed by atoms with Crippen molar-refractivity contribution < 1.29 is 0 Å². The molecule has 1 N–H and O–H groups in total. The molecule has 0 saturated carbocycles. The van der Waals surface area contributed by atoms with Crippen LogP contribution in [0.25, 0.3) is 0 Å². The number of nitrogens with zero attached hydrogens (tertiary/aromatic N) is 1. The predicted octanol–water partition coefficient (Wildman–Crippen LogP) is 4.30. The van der Waals surface area contributed by atoms with E-state index < -0.39 is 0 Å². The van der Waals surface area contributed by atoms with Crippen LogP contribution in [0, 0.1) is 5.41 Å². The molecule has 3 heteroatoms. The van der Waals surface area contributed by atoms with Crippen LogP contribution in [-0.4, -0.2) is 30.1 Å². The molecule has 1 aliphatic rings. The highest BCUT2D eigenvalue weighted by molar-refractivity contribution is 7.10. The predicted molar refractivity (Wildman–Crippen MR) is 94.1 cm³/mol. The largest absolute Gasteiger partial charge is 0.311 e. The van der Waals surface area contributed by atoms with E-state index >= 15 is 0 Å². The van der Waals surface area contributed by atoms with E-state index in [9.17, 15) is 0 Å². The van der Waals surface area contributed by atoms with E-state index in [1.165, 1.54) is 32.4 Å². The van der Waals surface area contributed by atoms with Crippen molar-refractivity contribution in [3.05, 3.63) is 21.9 Å². The SMILES string of the molecule is CCC(CC)(CNC(C)(C)C)CN1CCc2sccc2C1. The second-order valence-corrected chi connectivity index (χ2v) is 8.64. The van der Waals surface area contributed by atoms with Crippen LogP contribution >= 0.6 is 11.3 Å². The summed E-state index contributed by atoms with van der Waals surface area (Å²) in [5.74, 6) is 0. The average Bonchev–Trinajstić information content (AvgIpc) is 2.90. The van der Waals surface area contributed by atoms with Gasteiger partial charge in [0.1, 0.15) is 0 Å². The molecule has 2 heterocycles. The molecule has 2 nitrogen and oxygen atoms in total. The van der Waals surface area contributed by atoms with Gasteiger partial charge in [-0.2, -0.15) is 0 Å². The maximum atomic E-state index is 3.74. The van der Waals surface area contributed by atoms with E-state index in [4.69, 9.17) is 0 Å². The van der Waals surface area contributed by atoms with Crippen LogP contribution in [0.1, 0.15) is 57.9 Å². The molecule has 0 amide bonds. The lowest BCUT2D eigenvalue weighted by atomic mass is 9.80. The molecule has 0 aliphatic carbocycles. The minimum absolute atomic E-state index is 0.206. The Morgan fingerprint density at radius 2 is 1.95 bits per heavy atom. The van der Waals surface area contributed by atoms with Crippen molar-refractivity contribution in [1.29, 1.82) is 0 Å². The van der Waals surface area contributed by atoms with Gasteiger partial charge in [0.05, 0.1) is 0 Å². The van der Waals surface area contributed by atoms with Gasteiger partial charge in [0.25, 0.3) is 0 Å². The van der Waals surface area contributed by atoms with Crippen molar-refractivity contribution in [1.82, 2.24) is 10.2 Å². The van der Waals surface area contributed by atoms with Gasteiger partial charge in [-0.15, -0.1) is 11.3 Å². The number of fused-ring (bicyclic) bond motifs is 1. The fourth-order valence-corrected chi connectivity index (χ4v) is 4.04. The Balaban J connectivity index is 1.99. The van der Waals surface area contributed by atoms with E-state index in [2.05, 4.69) is 56.3 Å². The minimum atomic E-state index is 0.206. The zero-order valence-corrected chi connectivity index (χ0v) is 15.3. The summed E-state index contributed by atoms with van der Waals surface area (Å²) >= 11 is 1.93. The fourth-order valence-electron chi connectivity index (χ4n) is 3.15. The number of thiophene rings is 1. The number of hydrogen-bond donors (Lipinski definition) is 1. The Morgan fingerprint density at radius 1 is 1.24 bits per heavy atom. The maximum absolute atomic E-state index is 3.74. The maximum Gasteiger partial charge on any atom is 0.0245 e. The molecule has 0 fully saturated rings. The molecule has 0 spiro atoms. The van der Waals surface area contributed by atoms with Gasteiger partial charge >= 0.3 is 0 Å². The lowest BCUT2D eigenvalue weighted by molar-refractivity contribution is 0.117. The van der Waals surface area contributed by atoms with Crippen LogP contribution in [0.15, 0.2) is 11.4 Å². The van der Waals surface area contributed by atoms with E-state index in [1.807, 2.05) is 11.3 Å². The van der Waals surface area contributed by atoms with Crippen LogP contribution in [0.5, 0.6) is 0 Å². The van der Waals surface area contributed by atoms with Gasteiger partial charge in [-0.25, -0.2) is 0 Å². The third kappa shape index (κ3) is 4.54. The molecule has 0 aromatic carbocycles. The third-order valence-corrected chi connectivity index (χ3v) is 5.96. The lowest BCUT2D eigenvalue weighted by Gasteiger charge is -2.40. The molecule has 0 bridgehead atoms. The van der Waals surface area contributed by atoms with Gasteiger partial charge in [0.2, 0.25) is 0 Å². The molecule has 21 heavy (non-hydrogen) atoms. The monoisotopic (exact) mass is 308 g/mol. The van der Waals surface area contributed by atoms with Crippen molar-refractivity contribution >= 4 is 11.3 Å². The van der Waals surface area contributed by atoms with E-state index in [1.54, 1.807) is 10.4 Å². The molecular weight excluding hydrogens is 276 g/mol. The molecule has 0 atom stereocenters. The van der Waals surface area contributed by atoms with Gasteiger partial charge in [-0.05, 0) is 62.5 Å². The number of rotatable bonds is 6. The lowest BCUT2D eigenvalue weighted by Crippen LogP contribution is -2.49. The van der Waals surface area contributed by atoms with Crippen molar-refractivity contribution in [3.63, 3.8) is 0 Å². The summed E-state index contributed by atoms with van der Waals surface area (Å²) in [6.07, 6.45) is 3.74. The summed E-state index contributed by atoms with van der Waals surface area (Å²) < 4.78 is 0. The zero-order valence-electron chi connectivity index (χ0n) is 14.5. The Hall–Kier alpha value is -0.380. The van der Waals surface area contributed by atoms with E-state index in [-0.39, 0.29) is 5.54 Å². The Morgan fingerprint density at radius 3 is 2.57 bits per heavy atom. The van der Waals surface area contributed by atoms with Gasteiger partial charge < -0.3 is 5.32 Å². The highest BCUT2D eigenvalue weighted by atomic mass is 32.1. The van der Waals surface area contributed by atoms with Crippen LogP contribution < -0.4 is 5.32 Å². The van der Waals surface area contributed by atoms with Gasteiger partial charge in [0, 0.05) is 36.6 Å². The number of hydrogen-bond acceptors (Lipinski definition) is 3. The Kier molecular flexibility index (Phi) is 5.50. The van der Waals surface area contributed by atoms with Crippen molar-refractivity contribution in [2.45, 2.75) is 66.0 Å². The minimum Gasteiger partial charge on any atom is -0.311 e. The Bertz CT molecular complexity index is 440. The normalized spacial score (nSPS) is 17.0. The first-order chi connectivity index (χ1) is 9.87. The second kappa shape index (κ2) is 6.80. The molecule has 120 valence electrons. The molecule has 0 radical (unpaired) electrons. The first-order valence-electron chi connectivity index (χ1n) is 8.40. The van der Waals surface area contributed by atoms with E-state index in [0.29, 0.717) is 5.41 Å². The summed E-state index contributed by atoms with van der Waals surface area (Å²) in [5, 5.41) is 6.00. The molecule has 1 aromatic heterocycles. The van der Waals surface area contributed by atoms with Gasteiger partial charge in [0.15, 0.2) is 0 Å². The van der Waals surface area contributed by atoms with Crippen molar-refractivity contribution in [3.8, 4) is 0 Å². The molecule has 0 unspecified atom stereocenters. The van der Waals surface area contributed by atoms with Crippen LogP contribution in [-0.2, 0) is 13.0 Å². The standard InChI is InChI=1S/C18H32N2S/c1-6-18(7-2,13-19-17(3,4)5)14-20-10-8-16-15(12-20)9-11-21-16/h9,11,19H,6-8,10,12-14H2,1-5H3. The topological polar surface area (TPSA) is 15.3 Å². The molecule has 1 aliphatic heterocycles. The highest BCUT2D eigenvalue weighted by Gasteiger charge is 2.31. The Labute approximate surface area is 134 Å². The van der Waals surface area contributed by atoms with Crippen LogP contribution in [0.4, 0.5) is 0 Å². The molecule has 2 rings (SSSR count). The fraction of sp³-hybridized carbons (Fsp3) is 0.778. The molecular formula is C18H32N2S. The molecule has 1 aromatic rings. The second-order valence-electron chi connectivity index (χ2n) is 7.64. The summed E-state index contributed by atoms with van der Waals surface area (Å²) in [6, 6.07) is 2.32. The van der Waals surface area contributed by atoms with E-state index in [0.717, 1.165) is 13.1 Å².